The Kier molecular flexibility index (Phi) is 4.25. The number of hydrogen-bond acceptors (Lipinski definition) is 2. The van der Waals surface area contributed by atoms with Crippen LogP contribution in [0.5, 0.6) is 5.75 Å². The molecule has 0 saturated carbocycles. The SMILES string of the molecule is COc1ccc2[nH]c3c(c2c1)CC(C(=O)Nc1ccccc1Br)CC3. The fourth-order valence-electron chi connectivity index (χ4n) is 3.54. The van der Waals surface area contributed by atoms with Crippen molar-refractivity contribution in [3.63, 3.8) is 0 Å². The number of amides is 1. The monoisotopic (exact) mass is 398 g/mol. The number of ether oxygens (including phenoxy) is 1. The highest BCUT2D eigenvalue weighted by Gasteiger charge is 2.27. The van der Waals surface area contributed by atoms with E-state index in [1.54, 1.807) is 7.11 Å². The van der Waals surface area contributed by atoms with Gasteiger partial charge in [0.15, 0.2) is 0 Å². The Morgan fingerprint density at radius 2 is 2.12 bits per heavy atom. The van der Waals surface area contributed by atoms with Gasteiger partial charge < -0.3 is 15.0 Å². The van der Waals surface area contributed by atoms with Crippen LogP contribution in [0.15, 0.2) is 46.9 Å². The van der Waals surface area contributed by atoms with Crippen LogP contribution in [0.25, 0.3) is 10.9 Å². The highest BCUT2D eigenvalue weighted by molar-refractivity contribution is 9.10. The maximum absolute atomic E-state index is 12.7. The summed E-state index contributed by atoms with van der Waals surface area (Å²) in [6.45, 7) is 0. The molecule has 4 rings (SSSR count). The van der Waals surface area contributed by atoms with E-state index >= 15 is 0 Å². The van der Waals surface area contributed by atoms with Crippen molar-refractivity contribution in [2.75, 3.05) is 12.4 Å². The zero-order valence-corrected chi connectivity index (χ0v) is 15.5. The van der Waals surface area contributed by atoms with Crippen molar-refractivity contribution >= 4 is 38.4 Å². The van der Waals surface area contributed by atoms with Crippen LogP contribution in [0.4, 0.5) is 5.69 Å². The third kappa shape index (κ3) is 3.04. The maximum Gasteiger partial charge on any atom is 0.227 e. The lowest BCUT2D eigenvalue weighted by Crippen LogP contribution is -2.28. The topological polar surface area (TPSA) is 54.1 Å². The number of carbonyl (C=O) groups is 1. The van der Waals surface area contributed by atoms with Crippen LogP contribution >= 0.6 is 15.9 Å². The smallest absolute Gasteiger partial charge is 0.227 e. The predicted molar refractivity (Wildman–Crippen MR) is 103 cm³/mol. The number of halogens is 1. The number of aromatic amines is 1. The molecule has 1 unspecified atom stereocenters. The lowest BCUT2D eigenvalue weighted by atomic mass is 9.85. The first-order valence-electron chi connectivity index (χ1n) is 8.38. The second kappa shape index (κ2) is 6.56. The molecular weight excluding hydrogens is 380 g/mol. The van der Waals surface area contributed by atoms with Crippen molar-refractivity contribution in [2.24, 2.45) is 5.92 Å². The largest absolute Gasteiger partial charge is 0.497 e. The van der Waals surface area contributed by atoms with Crippen molar-refractivity contribution in [1.29, 1.82) is 0 Å². The second-order valence-electron chi connectivity index (χ2n) is 6.40. The van der Waals surface area contributed by atoms with Crippen LogP contribution in [0.3, 0.4) is 0 Å². The molecule has 0 aliphatic heterocycles. The first-order valence-corrected chi connectivity index (χ1v) is 9.18. The number of hydrogen-bond donors (Lipinski definition) is 2. The molecule has 2 aromatic carbocycles. The van der Waals surface area contributed by atoms with E-state index in [9.17, 15) is 4.79 Å². The molecule has 1 atom stereocenters. The van der Waals surface area contributed by atoms with E-state index in [0.717, 1.165) is 46.1 Å². The molecule has 1 aliphatic carbocycles. The van der Waals surface area contributed by atoms with Gasteiger partial charge in [-0.15, -0.1) is 0 Å². The average molecular weight is 399 g/mol. The summed E-state index contributed by atoms with van der Waals surface area (Å²) in [6.07, 6.45) is 2.49. The molecule has 0 radical (unpaired) electrons. The molecule has 2 N–H and O–H groups in total. The Balaban J connectivity index is 1.59. The Morgan fingerprint density at radius 3 is 2.92 bits per heavy atom. The molecule has 1 heterocycles. The first-order chi connectivity index (χ1) is 12.2. The molecule has 0 bridgehead atoms. The van der Waals surface area contributed by atoms with E-state index in [0.29, 0.717) is 0 Å². The Morgan fingerprint density at radius 1 is 1.28 bits per heavy atom. The van der Waals surface area contributed by atoms with Gasteiger partial charge in [-0.1, -0.05) is 12.1 Å². The molecule has 0 saturated heterocycles. The zero-order valence-electron chi connectivity index (χ0n) is 13.9. The van der Waals surface area contributed by atoms with Gasteiger partial charge in [0.25, 0.3) is 0 Å². The average Bonchev–Trinajstić information content (AvgIpc) is 3.00. The summed E-state index contributed by atoms with van der Waals surface area (Å²) in [4.78, 5) is 16.2. The fourth-order valence-corrected chi connectivity index (χ4v) is 3.93. The van der Waals surface area contributed by atoms with Gasteiger partial charge >= 0.3 is 0 Å². The summed E-state index contributed by atoms with van der Waals surface area (Å²) in [5.74, 6) is 0.897. The van der Waals surface area contributed by atoms with Crippen LogP contribution < -0.4 is 10.1 Å². The third-order valence-electron chi connectivity index (χ3n) is 4.90. The van der Waals surface area contributed by atoms with E-state index < -0.39 is 0 Å². The van der Waals surface area contributed by atoms with Crippen molar-refractivity contribution in [2.45, 2.75) is 19.3 Å². The van der Waals surface area contributed by atoms with Crippen LogP contribution in [0, 0.1) is 5.92 Å². The van der Waals surface area contributed by atoms with Gasteiger partial charge in [0.1, 0.15) is 5.75 Å². The second-order valence-corrected chi connectivity index (χ2v) is 7.26. The minimum absolute atomic E-state index is 0.0233. The van der Waals surface area contributed by atoms with Gasteiger partial charge in [-0.25, -0.2) is 0 Å². The normalized spacial score (nSPS) is 16.5. The molecule has 0 spiro atoms. The highest BCUT2D eigenvalue weighted by Crippen LogP contribution is 2.34. The molecule has 1 aliphatic rings. The molecule has 128 valence electrons. The fraction of sp³-hybridized carbons (Fsp3) is 0.250. The van der Waals surface area contributed by atoms with Gasteiger partial charge in [0.05, 0.1) is 12.8 Å². The van der Waals surface area contributed by atoms with E-state index in [-0.39, 0.29) is 11.8 Å². The van der Waals surface area contributed by atoms with Gasteiger partial charge in [0, 0.05) is 27.0 Å². The summed E-state index contributed by atoms with van der Waals surface area (Å²) in [5, 5.41) is 4.21. The van der Waals surface area contributed by atoms with Crippen LogP contribution in [0.2, 0.25) is 0 Å². The number of para-hydroxylation sites is 1. The first kappa shape index (κ1) is 16.2. The quantitative estimate of drug-likeness (QED) is 0.672. The number of nitrogens with one attached hydrogen (secondary N) is 2. The van der Waals surface area contributed by atoms with Crippen LogP contribution in [-0.2, 0) is 17.6 Å². The number of H-pyrrole nitrogens is 1. The van der Waals surface area contributed by atoms with E-state index in [2.05, 4.69) is 32.3 Å². The number of benzene rings is 2. The molecule has 25 heavy (non-hydrogen) atoms. The van der Waals surface area contributed by atoms with Gasteiger partial charge in [0.2, 0.25) is 5.91 Å². The van der Waals surface area contributed by atoms with Gasteiger partial charge in [-0.05, 0) is 71.1 Å². The number of rotatable bonds is 3. The van der Waals surface area contributed by atoms with Crippen LogP contribution in [0.1, 0.15) is 17.7 Å². The van der Waals surface area contributed by atoms with Gasteiger partial charge in [-0.3, -0.25) is 4.79 Å². The Labute approximate surface area is 154 Å². The van der Waals surface area contributed by atoms with E-state index in [1.165, 1.54) is 11.3 Å². The predicted octanol–water partition coefficient (Wildman–Crippen LogP) is 4.68. The molecule has 1 aromatic heterocycles. The number of anilines is 1. The Bertz CT molecular complexity index is 948. The number of fused-ring (bicyclic) bond motifs is 3. The highest BCUT2D eigenvalue weighted by atomic mass is 79.9. The summed E-state index contributed by atoms with van der Waals surface area (Å²) in [5.41, 5.74) is 4.41. The van der Waals surface area contributed by atoms with E-state index in [4.69, 9.17) is 4.74 Å². The summed E-state index contributed by atoms with van der Waals surface area (Å²) in [6, 6.07) is 13.8. The lowest BCUT2D eigenvalue weighted by molar-refractivity contribution is -0.120. The summed E-state index contributed by atoms with van der Waals surface area (Å²) >= 11 is 3.48. The molecule has 4 nitrogen and oxygen atoms in total. The number of aromatic nitrogens is 1. The van der Waals surface area contributed by atoms with Crippen molar-refractivity contribution in [3.05, 3.63) is 58.2 Å². The minimum Gasteiger partial charge on any atom is -0.497 e. The summed E-state index contributed by atoms with van der Waals surface area (Å²) in [7, 11) is 1.67. The Hall–Kier alpha value is -2.27. The lowest BCUT2D eigenvalue weighted by Gasteiger charge is -2.22. The molecule has 0 fully saturated rings. The summed E-state index contributed by atoms with van der Waals surface area (Å²) < 4.78 is 6.25. The van der Waals surface area contributed by atoms with Crippen molar-refractivity contribution < 1.29 is 9.53 Å². The molecule has 5 heteroatoms. The number of carbonyl (C=O) groups excluding carboxylic acids is 1. The molecule has 1 amide bonds. The van der Waals surface area contributed by atoms with E-state index in [1.807, 2.05) is 36.4 Å². The number of aryl methyl sites for hydroxylation is 1. The zero-order chi connectivity index (χ0) is 17.4. The third-order valence-corrected chi connectivity index (χ3v) is 5.59. The minimum atomic E-state index is -0.0233. The maximum atomic E-state index is 12.7. The van der Waals surface area contributed by atoms with Crippen molar-refractivity contribution in [1.82, 2.24) is 4.98 Å². The standard InChI is InChI=1S/C20H19BrN2O2/c1-25-13-7-9-18-15(11-13)14-10-12(6-8-17(14)22-18)20(24)23-19-5-3-2-4-16(19)21/h2-5,7,9,11-12,22H,6,8,10H2,1H3,(H,23,24). The molecular formula is C20H19BrN2O2. The number of methoxy groups -OCH3 is 1. The van der Waals surface area contributed by atoms with Crippen LogP contribution in [-0.4, -0.2) is 18.0 Å². The van der Waals surface area contributed by atoms with Crippen molar-refractivity contribution in [3.8, 4) is 5.75 Å². The molecule has 3 aromatic rings. The van der Waals surface area contributed by atoms with Gasteiger partial charge in [-0.2, -0.15) is 0 Å².